The first kappa shape index (κ1) is 61.8. The van der Waals surface area contributed by atoms with Gasteiger partial charge in [-0.2, -0.15) is 0 Å². The molecule has 3 saturated heterocycles. The van der Waals surface area contributed by atoms with E-state index in [0.29, 0.717) is 6.42 Å². The summed E-state index contributed by atoms with van der Waals surface area (Å²) in [6.07, 6.45) is -16.0. The number of esters is 8. The minimum absolute atomic E-state index is 0.0481. The quantitative estimate of drug-likeness (QED) is 0.0695. The number of carbonyl (C=O) groups is 10. The average Bonchev–Trinajstić information content (AvgIpc) is 3.28. The van der Waals surface area contributed by atoms with Crippen molar-refractivity contribution in [2.24, 2.45) is 0 Å². The summed E-state index contributed by atoms with van der Waals surface area (Å²) in [6.45, 7) is 11.4. The van der Waals surface area contributed by atoms with Crippen molar-refractivity contribution in [3.8, 4) is 0 Å². The fourth-order valence-electron chi connectivity index (χ4n) is 8.24. The molecule has 3 aliphatic rings. The van der Waals surface area contributed by atoms with Crippen LogP contribution in [0.3, 0.4) is 0 Å². The van der Waals surface area contributed by atoms with Crippen molar-refractivity contribution in [1.82, 2.24) is 10.6 Å². The lowest BCUT2D eigenvalue weighted by atomic mass is 9.93. The van der Waals surface area contributed by atoms with Gasteiger partial charge in [-0.1, -0.05) is 46.0 Å². The van der Waals surface area contributed by atoms with E-state index in [0.717, 1.165) is 94.4 Å². The molecule has 0 aromatic carbocycles. The third-order valence-corrected chi connectivity index (χ3v) is 11.1. The Balaban J connectivity index is 2.30. The van der Waals surface area contributed by atoms with E-state index in [1.165, 1.54) is 6.92 Å². The largest absolute Gasteiger partial charge is 0.463 e. The van der Waals surface area contributed by atoms with Crippen LogP contribution < -0.4 is 10.6 Å². The van der Waals surface area contributed by atoms with Gasteiger partial charge in [-0.05, 0) is 6.42 Å². The molecule has 26 heteroatoms. The van der Waals surface area contributed by atoms with Crippen molar-refractivity contribution in [2.75, 3.05) is 26.4 Å². The molecule has 0 saturated carbocycles. The summed E-state index contributed by atoms with van der Waals surface area (Å²) in [6, 6.07) is -3.22. The first-order valence-corrected chi connectivity index (χ1v) is 24.2. The summed E-state index contributed by atoms with van der Waals surface area (Å²) >= 11 is 0. The molecule has 0 radical (unpaired) electrons. The Morgan fingerprint density at radius 2 is 0.767 bits per heavy atom. The first-order chi connectivity index (χ1) is 34.4. The lowest BCUT2D eigenvalue weighted by molar-refractivity contribution is -0.368. The third-order valence-electron chi connectivity index (χ3n) is 11.1. The van der Waals surface area contributed by atoms with Gasteiger partial charge in [-0.3, -0.25) is 47.9 Å². The van der Waals surface area contributed by atoms with Crippen molar-refractivity contribution in [2.45, 2.75) is 213 Å². The van der Waals surface area contributed by atoms with Crippen LogP contribution in [0.4, 0.5) is 0 Å². The van der Waals surface area contributed by atoms with Gasteiger partial charge in [-0.25, -0.2) is 0 Å². The van der Waals surface area contributed by atoms with Gasteiger partial charge < -0.3 is 76.9 Å². The average molecular weight is 1050 g/mol. The van der Waals surface area contributed by atoms with Crippen molar-refractivity contribution in [3.63, 3.8) is 0 Å². The Hall–Kier alpha value is -5.54. The standard InChI is InChI=1S/C47H72N2O24/c1-12-14-15-16-17-18-19-60-47-44(43(68-31(11)58)40(65-28(8)55)34(71-47)22-63-26(6)53)73-46-37(49-35(59)13-2)42(67-30(10)57)39(33(70-46)21-62-25(5)52)72-45-36(48-23(3)50)41(66-29(9)56)38(64-27(7)54)32(69-45)20-61-24(4)51/h32-34,36-47H,12-22H2,1-11H3,(H,48,50)(H,49,59)/t32-,33-,34-,36-,37-,38+,39-,40-,41-,42-,43+,44+,45+,46+,47+/m1/s1. The zero-order valence-corrected chi connectivity index (χ0v) is 43.2. The summed E-state index contributed by atoms with van der Waals surface area (Å²) in [5, 5.41) is 5.29. The van der Waals surface area contributed by atoms with Gasteiger partial charge >= 0.3 is 47.8 Å². The Morgan fingerprint density at radius 3 is 1.21 bits per heavy atom. The molecule has 3 fully saturated rings. The van der Waals surface area contributed by atoms with E-state index < -0.39 is 171 Å². The molecule has 2 N–H and O–H groups in total. The Kier molecular flexibility index (Phi) is 25.9. The van der Waals surface area contributed by atoms with Gasteiger partial charge in [0.1, 0.15) is 56.3 Å². The Labute approximate surface area is 423 Å². The summed E-state index contributed by atoms with van der Waals surface area (Å²) in [5.41, 5.74) is 0. The van der Waals surface area contributed by atoms with Crippen LogP contribution in [-0.4, -0.2) is 178 Å². The highest BCUT2D eigenvalue weighted by molar-refractivity contribution is 5.76. The van der Waals surface area contributed by atoms with Gasteiger partial charge in [0.15, 0.2) is 55.5 Å². The van der Waals surface area contributed by atoms with Crippen LogP contribution in [0, 0.1) is 0 Å². The Morgan fingerprint density at radius 1 is 0.397 bits per heavy atom. The molecule has 2 amide bonds. The van der Waals surface area contributed by atoms with Crippen LogP contribution in [0.2, 0.25) is 0 Å². The van der Waals surface area contributed by atoms with Crippen LogP contribution in [-0.2, 0) is 114 Å². The number of hydrogen-bond acceptors (Lipinski definition) is 24. The number of ether oxygens (including phenoxy) is 14. The molecule has 3 aliphatic heterocycles. The summed E-state index contributed by atoms with van der Waals surface area (Å²) in [5.74, 6) is -8.28. The lowest BCUT2D eigenvalue weighted by Crippen LogP contribution is -2.71. The topological polar surface area (TPSA) is 324 Å². The smallest absolute Gasteiger partial charge is 0.303 e. The summed E-state index contributed by atoms with van der Waals surface area (Å²) in [4.78, 5) is 127. The first-order valence-electron chi connectivity index (χ1n) is 24.2. The molecule has 414 valence electrons. The zero-order valence-electron chi connectivity index (χ0n) is 43.2. The van der Waals surface area contributed by atoms with Gasteiger partial charge in [0, 0.05) is 75.3 Å². The molecule has 0 aromatic rings. The van der Waals surface area contributed by atoms with Crippen LogP contribution in [0.5, 0.6) is 0 Å². The van der Waals surface area contributed by atoms with Gasteiger partial charge in [-0.15, -0.1) is 0 Å². The summed E-state index contributed by atoms with van der Waals surface area (Å²) in [7, 11) is 0. The normalized spacial score (nSPS) is 29.8. The van der Waals surface area contributed by atoms with Crippen molar-refractivity contribution >= 4 is 59.6 Å². The van der Waals surface area contributed by atoms with E-state index in [1.54, 1.807) is 0 Å². The summed E-state index contributed by atoms with van der Waals surface area (Å²) < 4.78 is 83.0. The molecule has 15 atom stereocenters. The monoisotopic (exact) mass is 1050 g/mol. The number of hydrogen-bond donors (Lipinski definition) is 2. The second-order valence-corrected chi connectivity index (χ2v) is 17.4. The lowest BCUT2D eigenvalue weighted by Gasteiger charge is -2.51. The maximum atomic E-state index is 13.5. The van der Waals surface area contributed by atoms with Crippen LogP contribution >= 0.6 is 0 Å². The zero-order chi connectivity index (χ0) is 54.5. The second-order valence-electron chi connectivity index (χ2n) is 17.4. The molecule has 26 nitrogen and oxygen atoms in total. The number of nitrogens with one attached hydrogen (secondary N) is 2. The van der Waals surface area contributed by atoms with Crippen LogP contribution in [0.15, 0.2) is 0 Å². The third kappa shape index (κ3) is 20.4. The van der Waals surface area contributed by atoms with Crippen LogP contribution in [0.25, 0.3) is 0 Å². The minimum Gasteiger partial charge on any atom is -0.463 e. The number of carbonyl (C=O) groups excluding carboxylic acids is 10. The van der Waals surface area contributed by atoms with Gasteiger partial charge in [0.25, 0.3) is 0 Å². The molecule has 3 rings (SSSR count). The van der Waals surface area contributed by atoms with Crippen molar-refractivity contribution < 1.29 is 114 Å². The SMILES string of the molecule is CCCCCCCCO[C@H]1O[C@H](COC(C)=O)[C@@H](OC(C)=O)[C@H](OC(C)=O)[C@@H]1O[C@@H]1O[C@H](COC(C)=O)[C@@H](O[C@@H]2O[C@H](COC(C)=O)[C@H](OC(C)=O)[C@H](OC(C)=O)[C@H]2NC(C)=O)[C@H](OC(C)=O)[C@H]1NC(=O)CC. The van der Waals surface area contributed by atoms with Crippen molar-refractivity contribution in [1.29, 1.82) is 0 Å². The van der Waals surface area contributed by atoms with Gasteiger partial charge in [0.05, 0.1) is 0 Å². The fraction of sp³-hybridized carbons (Fsp3) is 0.787. The van der Waals surface area contributed by atoms with E-state index in [-0.39, 0.29) is 13.0 Å². The second kappa shape index (κ2) is 30.6. The fourth-order valence-corrected chi connectivity index (χ4v) is 8.24. The molecule has 0 aliphatic carbocycles. The molecule has 3 heterocycles. The van der Waals surface area contributed by atoms with E-state index in [9.17, 15) is 47.9 Å². The van der Waals surface area contributed by atoms with E-state index in [4.69, 9.17) is 66.3 Å². The highest BCUT2D eigenvalue weighted by Gasteiger charge is 2.59. The highest BCUT2D eigenvalue weighted by Crippen LogP contribution is 2.37. The molecule has 73 heavy (non-hydrogen) atoms. The van der Waals surface area contributed by atoms with E-state index in [1.807, 2.05) is 0 Å². The van der Waals surface area contributed by atoms with E-state index in [2.05, 4.69) is 17.6 Å². The maximum absolute atomic E-state index is 13.5. The predicted molar refractivity (Wildman–Crippen MR) is 243 cm³/mol. The number of amides is 2. The molecule has 0 spiro atoms. The maximum Gasteiger partial charge on any atom is 0.303 e. The predicted octanol–water partition coefficient (Wildman–Crippen LogP) is 1.06. The molecular weight excluding hydrogens is 977 g/mol. The van der Waals surface area contributed by atoms with Crippen LogP contribution in [0.1, 0.15) is 121 Å². The highest BCUT2D eigenvalue weighted by atomic mass is 16.8. The van der Waals surface area contributed by atoms with Crippen molar-refractivity contribution in [3.05, 3.63) is 0 Å². The minimum atomic E-state index is -1.84. The number of rotatable bonds is 26. The Bertz CT molecular complexity index is 1900. The van der Waals surface area contributed by atoms with Gasteiger partial charge in [0.2, 0.25) is 11.8 Å². The molecular formula is C47H72N2O24. The molecule has 0 unspecified atom stereocenters. The van der Waals surface area contributed by atoms with E-state index >= 15 is 0 Å². The molecule has 0 aromatic heterocycles. The molecule has 0 bridgehead atoms. The number of unbranched alkanes of at least 4 members (excludes halogenated alkanes) is 5.